The van der Waals surface area contributed by atoms with Gasteiger partial charge < -0.3 is 20.7 Å². The Morgan fingerprint density at radius 3 is 2.64 bits per heavy atom. The van der Waals surface area contributed by atoms with Crippen molar-refractivity contribution in [2.75, 3.05) is 26.2 Å². The molecular formula is C15H20FN3O3. The minimum atomic E-state index is -0.389. The van der Waals surface area contributed by atoms with Crippen LogP contribution in [0.5, 0.6) is 0 Å². The molecule has 22 heavy (non-hydrogen) atoms. The van der Waals surface area contributed by atoms with Gasteiger partial charge in [0, 0.05) is 25.2 Å². The van der Waals surface area contributed by atoms with Gasteiger partial charge in [0.15, 0.2) is 0 Å². The number of carbonyl (C=O) groups is 2. The van der Waals surface area contributed by atoms with Gasteiger partial charge in [0.05, 0.1) is 12.7 Å². The van der Waals surface area contributed by atoms with E-state index >= 15 is 0 Å². The van der Waals surface area contributed by atoms with Crippen LogP contribution in [0.4, 0.5) is 4.39 Å². The number of amides is 2. The van der Waals surface area contributed by atoms with Crippen LogP contribution in [0.1, 0.15) is 17.3 Å². The Balaban J connectivity index is 1.69. The third-order valence-corrected chi connectivity index (χ3v) is 3.42. The molecule has 1 heterocycles. The standard InChI is InChI=1S/C15H20FN3O3/c1-10-13(17-8-9-22-10)15(21)19-7-6-18-14(20)11-2-4-12(16)5-3-11/h2-5,10,13,17H,6-9H2,1H3,(H,18,20)(H,19,21)/t10-,13+/m1/s1. The number of benzene rings is 1. The van der Waals surface area contributed by atoms with Crippen LogP contribution < -0.4 is 16.0 Å². The summed E-state index contributed by atoms with van der Waals surface area (Å²) in [6.07, 6.45) is -0.178. The average Bonchev–Trinajstić information content (AvgIpc) is 2.52. The van der Waals surface area contributed by atoms with Crippen LogP contribution in [0.25, 0.3) is 0 Å². The molecule has 1 fully saturated rings. The fourth-order valence-corrected chi connectivity index (χ4v) is 2.20. The molecule has 0 spiro atoms. The maximum Gasteiger partial charge on any atom is 0.251 e. The number of carbonyl (C=O) groups excluding carboxylic acids is 2. The SMILES string of the molecule is C[C@H]1OCCN[C@@H]1C(=O)NCCNC(=O)c1ccc(F)cc1. The minimum Gasteiger partial charge on any atom is -0.375 e. The molecule has 2 atom stereocenters. The van der Waals surface area contributed by atoms with E-state index in [0.29, 0.717) is 31.8 Å². The molecule has 0 aliphatic carbocycles. The molecule has 0 radical (unpaired) electrons. The van der Waals surface area contributed by atoms with Crippen molar-refractivity contribution in [3.8, 4) is 0 Å². The molecule has 0 aromatic heterocycles. The van der Waals surface area contributed by atoms with E-state index in [1.54, 1.807) is 0 Å². The van der Waals surface area contributed by atoms with E-state index in [-0.39, 0.29) is 29.8 Å². The monoisotopic (exact) mass is 309 g/mol. The summed E-state index contributed by atoms with van der Waals surface area (Å²) in [5, 5.41) is 8.49. The van der Waals surface area contributed by atoms with Crippen molar-refractivity contribution >= 4 is 11.8 Å². The van der Waals surface area contributed by atoms with Crippen LogP contribution in [0, 0.1) is 5.82 Å². The zero-order valence-corrected chi connectivity index (χ0v) is 12.4. The van der Waals surface area contributed by atoms with E-state index < -0.39 is 0 Å². The van der Waals surface area contributed by atoms with E-state index in [0.717, 1.165) is 0 Å². The second kappa shape index (κ2) is 7.86. The normalized spacial score (nSPS) is 21.2. The quantitative estimate of drug-likeness (QED) is 0.672. The lowest BCUT2D eigenvalue weighted by Gasteiger charge is -2.29. The van der Waals surface area contributed by atoms with Gasteiger partial charge in [-0.3, -0.25) is 9.59 Å². The third-order valence-electron chi connectivity index (χ3n) is 3.42. The summed E-state index contributed by atoms with van der Waals surface area (Å²) >= 11 is 0. The first-order valence-electron chi connectivity index (χ1n) is 7.24. The van der Waals surface area contributed by atoms with Crippen molar-refractivity contribution in [3.05, 3.63) is 35.6 Å². The molecule has 120 valence electrons. The number of rotatable bonds is 5. The summed E-state index contributed by atoms with van der Waals surface area (Å²) in [7, 11) is 0. The first kappa shape index (κ1) is 16.4. The Morgan fingerprint density at radius 1 is 1.27 bits per heavy atom. The Labute approximate surface area is 128 Å². The van der Waals surface area contributed by atoms with Crippen molar-refractivity contribution in [2.24, 2.45) is 0 Å². The van der Waals surface area contributed by atoms with Crippen molar-refractivity contribution in [1.29, 1.82) is 0 Å². The summed E-state index contributed by atoms with van der Waals surface area (Å²) < 4.78 is 18.2. The fourth-order valence-electron chi connectivity index (χ4n) is 2.20. The highest BCUT2D eigenvalue weighted by Crippen LogP contribution is 2.04. The third kappa shape index (κ3) is 4.51. The van der Waals surface area contributed by atoms with Crippen LogP contribution in [0.2, 0.25) is 0 Å². The van der Waals surface area contributed by atoms with Crippen LogP contribution in [0.3, 0.4) is 0 Å². The molecule has 2 rings (SSSR count). The van der Waals surface area contributed by atoms with Crippen LogP contribution >= 0.6 is 0 Å². The Kier molecular flexibility index (Phi) is 5.85. The van der Waals surface area contributed by atoms with Gasteiger partial charge in [-0.05, 0) is 31.2 Å². The highest BCUT2D eigenvalue weighted by Gasteiger charge is 2.27. The summed E-state index contributed by atoms with van der Waals surface area (Å²) in [6, 6.07) is 4.91. The van der Waals surface area contributed by atoms with E-state index in [1.165, 1.54) is 24.3 Å². The zero-order valence-electron chi connectivity index (χ0n) is 12.4. The number of morpholine rings is 1. The maximum absolute atomic E-state index is 12.8. The number of ether oxygens (including phenoxy) is 1. The lowest BCUT2D eigenvalue weighted by atomic mass is 10.1. The largest absolute Gasteiger partial charge is 0.375 e. The van der Waals surface area contributed by atoms with Crippen molar-refractivity contribution < 1.29 is 18.7 Å². The molecule has 1 saturated heterocycles. The predicted molar refractivity (Wildman–Crippen MR) is 78.9 cm³/mol. The number of hydrogen-bond acceptors (Lipinski definition) is 4. The summed E-state index contributed by atoms with van der Waals surface area (Å²) in [5.41, 5.74) is 0.378. The molecule has 1 aliphatic heterocycles. The van der Waals surface area contributed by atoms with E-state index in [2.05, 4.69) is 16.0 Å². The van der Waals surface area contributed by atoms with Crippen molar-refractivity contribution in [2.45, 2.75) is 19.1 Å². The predicted octanol–water partition coefficient (Wildman–Crippen LogP) is 0.0486. The van der Waals surface area contributed by atoms with Gasteiger partial charge in [-0.1, -0.05) is 0 Å². The van der Waals surface area contributed by atoms with Crippen LogP contribution in [-0.2, 0) is 9.53 Å². The lowest BCUT2D eigenvalue weighted by molar-refractivity contribution is -0.128. The summed E-state index contributed by atoms with van der Waals surface area (Å²) in [5.74, 6) is -0.842. The maximum atomic E-state index is 12.8. The molecule has 0 saturated carbocycles. The van der Waals surface area contributed by atoms with Crippen LogP contribution in [-0.4, -0.2) is 50.2 Å². The van der Waals surface area contributed by atoms with Crippen molar-refractivity contribution in [3.63, 3.8) is 0 Å². The smallest absolute Gasteiger partial charge is 0.251 e. The molecule has 1 aromatic rings. The second-order valence-electron chi connectivity index (χ2n) is 5.06. The fraction of sp³-hybridized carbons (Fsp3) is 0.467. The lowest BCUT2D eigenvalue weighted by Crippen LogP contribution is -2.56. The number of nitrogens with one attached hydrogen (secondary N) is 3. The number of halogens is 1. The summed E-state index contributed by atoms with van der Waals surface area (Å²) in [4.78, 5) is 23.7. The van der Waals surface area contributed by atoms with E-state index in [1.807, 2.05) is 6.92 Å². The molecule has 3 N–H and O–H groups in total. The van der Waals surface area contributed by atoms with Gasteiger partial charge in [0.1, 0.15) is 11.9 Å². The van der Waals surface area contributed by atoms with Gasteiger partial charge >= 0.3 is 0 Å². The Morgan fingerprint density at radius 2 is 1.95 bits per heavy atom. The van der Waals surface area contributed by atoms with Gasteiger partial charge in [-0.15, -0.1) is 0 Å². The van der Waals surface area contributed by atoms with Gasteiger partial charge in [0.2, 0.25) is 5.91 Å². The van der Waals surface area contributed by atoms with Crippen LogP contribution in [0.15, 0.2) is 24.3 Å². The molecule has 6 nitrogen and oxygen atoms in total. The average molecular weight is 309 g/mol. The Hall–Kier alpha value is -1.99. The molecule has 2 amide bonds. The molecule has 1 aliphatic rings. The topological polar surface area (TPSA) is 79.5 Å². The highest BCUT2D eigenvalue weighted by molar-refractivity contribution is 5.94. The van der Waals surface area contributed by atoms with Crippen molar-refractivity contribution in [1.82, 2.24) is 16.0 Å². The van der Waals surface area contributed by atoms with E-state index in [9.17, 15) is 14.0 Å². The first-order valence-corrected chi connectivity index (χ1v) is 7.24. The number of hydrogen-bond donors (Lipinski definition) is 3. The molecule has 0 unspecified atom stereocenters. The molecular weight excluding hydrogens is 289 g/mol. The highest BCUT2D eigenvalue weighted by atomic mass is 19.1. The van der Waals surface area contributed by atoms with Gasteiger partial charge in [-0.25, -0.2) is 4.39 Å². The molecule has 1 aromatic carbocycles. The first-order chi connectivity index (χ1) is 10.6. The molecule has 0 bridgehead atoms. The summed E-state index contributed by atoms with van der Waals surface area (Å²) in [6.45, 7) is 3.69. The zero-order chi connectivity index (χ0) is 15.9. The van der Waals surface area contributed by atoms with E-state index in [4.69, 9.17) is 4.74 Å². The molecule has 7 heteroatoms. The van der Waals surface area contributed by atoms with Gasteiger partial charge in [-0.2, -0.15) is 0 Å². The second-order valence-corrected chi connectivity index (χ2v) is 5.06. The Bertz CT molecular complexity index is 521. The minimum absolute atomic E-state index is 0.150. The van der Waals surface area contributed by atoms with Gasteiger partial charge in [0.25, 0.3) is 5.91 Å².